The van der Waals surface area contributed by atoms with Crippen LogP contribution in [0.25, 0.3) is 0 Å². The smallest absolute Gasteiger partial charge is 0.271 e. The molecule has 3 nitrogen and oxygen atoms in total. The highest BCUT2D eigenvalue weighted by molar-refractivity contribution is 9.08. The molecule has 96 valence electrons. The number of benzene rings is 1. The number of thiophene rings is 1. The van der Waals surface area contributed by atoms with Crippen molar-refractivity contribution in [1.29, 1.82) is 0 Å². The van der Waals surface area contributed by atoms with Crippen molar-refractivity contribution in [3.8, 4) is 0 Å². The van der Waals surface area contributed by atoms with Crippen LogP contribution < -0.4 is 4.72 Å². The minimum atomic E-state index is -3.56. The second-order valence-corrected chi connectivity index (χ2v) is 7.64. The quantitative estimate of drug-likeness (QED) is 0.828. The van der Waals surface area contributed by atoms with Gasteiger partial charge in [-0.1, -0.05) is 45.7 Å². The average Bonchev–Trinajstić information content (AvgIpc) is 2.77. The normalized spacial score (nSPS) is 11.4. The van der Waals surface area contributed by atoms with E-state index in [4.69, 9.17) is 11.6 Å². The molecule has 0 atom stereocenters. The summed E-state index contributed by atoms with van der Waals surface area (Å²) in [5.74, 6) is 0. The van der Waals surface area contributed by atoms with Crippen molar-refractivity contribution in [2.75, 3.05) is 4.72 Å². The summed E-state index contributed by atoms with van der Waals surface area (Å²) in [4.78, 5) is 0. The summed E-state index contributed by atoms with van der Waals surface area (Å²) >= 11 is 10.1. The van der Waals surface area contributed by atoms with Crippen LogP contribution in [0.4, 0.5) is 5.69 Å². The van der Waals surface area contributed by atoms with Crippen LogP contribution in [0.15, 0.2) is 40.6 Å². The van der Waals surface area contributed by atoms with E-state index in [2.05, 4.69) is 20.7 Å². The number of anilines is 1. The van der Waals surface area contributed by atoms with Gasteiger partial charge >= 0.3 is 0 Å². The Morgan fingerprint density at radius 1 is 1.22 bits per heavy atom. The molecule has 0 radical (unpaired) electrons. The minimum absolute atomic E-state index is 0.205. The first-order valence-corrected chi connectivity index (χ1v) is 8.75. The van der Waals surface area contributed by atoms with Crippen LogP contribution in [-0.2, 0) is 15.4 Å². The molecule has 1 aromatic carbocycles. The maximum absolute atomic E-state index is 12.1. The van der Waals surface area contributed by atoms with Gasteiger partial charge in [-0.25, -0.2) is 8.42 Å². The third-order valence-electron chi connectivity index (χ3n) is 2.22. The predicted molar refractivity (Wildman–Crippen MR) is 79.2 cm³/mol. The van der Waals surface area contributed by atoms with E-state index in [0.717, 1.165) is 16.9 Å². The number of halogens is 2. The molecule has 7 heteroatoms. The van der Waals surface area contributed by atoms with Crippen LogP contribution in [0.2, 0.25) is 4.34 Å². The Kier molecular flexibility index (Phi) is 4.32. The summed E-state index contributed by atoms with van der Waals surface area (Å²) < 4.78 is 27.4. The lowest BCUT2D eigenvalue weighted by atomic mass is 10.2. The van der Waals surface area contributed by atoms with Gasteiger partial charge in [0.25, 0.3) is 10.0 Å². The molecule has 0 spiro atoms. The van der Waals surface area contributed by atoms with Crippen molar-refractivity contribution in [2.45, 2.75) is 9.54 Å². The molecule has 2 rings (SSSR count). The molecule has 0 aliphatic rings. The molecule has 1 heterocycles. The van der Waals surface area contributed by atoms with E-state index in [0.29, 0.717) is 15.4 Å². The monoisotopic (exact) mass is 365 g/mol. The number of hydrogen-bond donors (Lipinski definition) is 1. The minimum Gasteiger partial charge on any atom is -0.279 e. The van der Waals surface area contributed by atoms with Crippen LogP contribution in [0.5, 0.6) is 0 Å². The second-order valence-electron chi connectivity index (χ2n) is 3.45. The zero-order valence-corrected chi connectivity index (χ0v) is 13.0. The molecule has 1 N–H and O–H groups in total. The molecular weight excluding hydrogens is 358 g/mol. The van der Waals surface area contributed by atoms with Crippen LogP contribution in [-0.4, -0.2) is 8.42 Å². The highest BCUT2D eigenvalue weighted by Crippen LogP contribution is 2.28. The molecular formula is C11H9BrClNO2S2. The third kappa shape index (κ3) is 3.06. The van der Waals surface area contributed by atoms with Gasteiger partial charge < -0.3 is 0 Å². The molecule has 0 saturated heterocycles. The molecule has 0 amide bonds. The maximum Gasteiger partial charge on any atom is 0.271 e. The number of rotatable bonds is 4. The van der Waals surface area contributed by atoms with E-state index in [1.54, 1.807) is 18.2 Å². The van der Waals surface area contributed by atoms with Crippen molar-refractivity contribution in [1.82, 2.24) is 0 Å². The Labute approximate surface area is 123 Å². The maximum atomic E-state index is 12.1. The Balaban J connectivity index is 2.33. The van der Waals surface area contributed by atoms with E-state index in [9.17, 15) is 8.42 Å². The lowest BCUT2D eigenvalue weighted by Crippen LogP contribution is -2.12. The van der Waals surface area contributed by atoms with Crippen molar-refractivity contribution < 1.29 is 8.42 Å². The first-order chi connectivity index (χ1) is 8.53. The van der Waals surface area contributed by atoms with Gasteiger partial charge in [0, 0.05) is 5.33 Å². The van der Waals surface area contributed by atoms with Gasteiger partial charge in [-0.2, -0.15) is 0 Å². The summed E-state index contributed by atoms with van der Waals surface area (Å²) in [6, 6.07) is 10.3. The highest BCUT2D eigenvalue weighted by Gasteiger charge is 2.17. The van der Waals surface area contributed by atoms with E-state index in [-0.39, 0.29) is 4.21 Å². The number of hydrogen-bond acceptors (Lipinski definition) is 3. The Morgan fingerprint density at radius 3 is 2.56 bits per heavy atom. The summed E-state index contributed by atoms with van der Waals surface area (Å²) in [5, 5.41) is 0.580. The molecule has 0 saturated carbocycles. The van der Waals surface area contributed by atoms with Crippen LogP contribution in [0.3, 0.4) is 0 Å². The van der Waals surface area contributed by atoms with E-state index < -0.39 is 10.0 Å². The summed E-state index contributed by atoms with van der Waals surface area (Å²) in [6.07, 6.45) is 0. The lowest BCUT2D eigenvalue weighted by Gasteiger charge is -2.09. The van der Waals surface area contributed by atoms with Gasteiger partial charge in [0.2, 0.25) is 0 Å². The summed E-state index contributed by atoms with van der Waals surface area (Å²) in [6.45, 7) is 0. The van der Waals surface area contributed by atoms with Crippen molar-refractivity contribution >= 4 is 54.6 Å². The molecule has 0 bridgehead atoms. The fourth-order valence-electron chi connectivity index (χ4n) is 1.37. The highest BCUT2D eigenvalue weighted by atomic mass is 79.9. The van der Waals surface area contributed by atoms with Gasteiger partial charge in [-0.05, 0) is 23.8 Å². The number of sulfonamides is 1. The molecule has 2 aromatic rings. The lowest BCUT2D eigenvalue weighted by molar-refractivity contribution is 0.603. The Morgan fingerprint density at radius 2 is 1.94 bits per heavy atom. The molecule has 0 fully saturated rings. The Bertz CT molecular complexity index is 655. The van der Waals surface area contributed by atoms with E-state index >= 15 is 0 Å². The van der Waals surface area contributed by atoms with Crippen LogP contribution >= 0.6 is 38.9 Å². The van der Waals surface area contributed by atoms with Gasteiger partial charge in [-0.15, -0.1) is 11.3 Å². The summed E-state index contributed by atoms with van der Waals surface area (Å²) in [7, 11) is -3.56. The fraction of sp³-hybridized carbons (Fsp3) is 0.0909. The van der Waals surface area contributed by atoms with Gasteiger partial charge in [0.15, 0.2) is 0 Å². The van der Waals surface area contributed by atoms with E-state index in [1.807, 2.05) is 12.1 Å². The fourth-order valence-corrected chi connectivity index (χ4v) is 4.45. The molecule has 18 heavy (non-hydrogen) atoms. The Hall–Kier alpha value is -0.560. The van der Waals surface area contributed by atoms with E-state index in [1.165, 1.54) is 6.07 Å². The molecule has 0 aliphatic heterocycles. The number of para-hydroxylation sites is 1. The predicted octanol–water partition coefficient (Wildman–Crippen LogP) is 4.10. The molecule has 0 unspecified atom stereocenters. The van der Waals surface area contributed by atoms with Gasteiger partial charge in [0.1, 0.15) is 4.21 Å². The van der Waals surface area contributed by atoms with Crippen molar-refractivity contribution in [2.24, 2.45) is 0 Å². The number of nitrogens with one attached hydrogen (secondary N) is 1. The SMILES string of the molecule is O=S(=O)(Nc1ccccc1CBr)c1ccc(Cl)s1. The van der Waals surface area contributed by atoms with Crippen LogP contribution in [0, 0.1) is 0 Å². The zero-order valence-electron chi connectivity index (χ0n) is 9.06. The average molecular weight is 367 g/mol. The largest absolute Gasteiger partial charge is 0.279 e. The molecule has 0 aliphatic carbocycles. The first kappa shape index (κ1) is 13.9. The molecule has 1 aromatic heterocycles. The topological polar surface area (TPSA) is 46.2 Å². The van der Waals surface area contributed by atoms with Crippen LogP contribution in [0.1, 0.15) is 5.56 Å². The van der Waals surface area contributed by atoms with Gasteiger partial charge in [-0.3, -0.25) is 4.72 Å². The standard InChI is InChI=1S/C11H9BrClNO2S2/c12-7-8-3-1-2-4-9(8)14-18(15,16)11-6-5-10(13)17-11/h1-6,14H,7H2. The van der Waals surface area contributed by atoms with Gasteiger partial charge in [0.05, 0.1) is 10.0 Å². The zero-order chi connectivity index (χ0) is 13.2. The summed E-state index contributed by atoms with van der Waals surface area (Å²) in [5.41, 5.74) is 1.45. The first-order valence-electron chi connectivity index (χ1n) is 4.95. The van der Waals surface area contributed by atoms with Crippen molar-refractivity contribution in [3.05, 3.63) is 46.3 Å². The van der Waals surface area contributed by atoms with Crippen molar-refractivity contribution in [3.63, 3.8) is 0 Å². The third-order valence-corrected chi connectivity index (χ3v) is 5.91. The number of alkyl halides is 1. The second kappa shape index (κ2) is 5.61.